The summed E-state index contributed by atoms with van der Waals surface area (Å²) in [6, 6.07) is 12.0. The van der Waals surface area contributed by atoms with Gasteiger partial charge in [0.15, 0.2) is 17.3 Å². The Kier molecular flexibility index (Phi) is 6.26. The third kappa shape index (κ3) is 4.68. The van der Waals surface area contributed by atoms with Crippen LogP contribution in [0.25, 0.3) is 0 Å². The molecule has 0 saturated heterocycles. The molecule has 0 radical (unpaired) electrons. The van der Waals surface area contributed by atoms with Gasteiger partial charge in [0.1, 0.15) is 0 Å². The van der Waals surface area contributed by atoms with E-state index in [1.165, 1.54) is 0 Å². The summed E-state index contributed by atoms with van der Waals surface area (Å²) in [7, 11) is 3.27. The minimum Gasteiger partial charge on any atom is -0.493 e. The highest BCUT2D eigenvalue weighted by Crippen LogP contribution is 2.27. The van der Waals surface area contributed by atoms with Crippen molar-refractivity contribution in [3.63, 3.8) is 0 Å². The Labute approximate surface area is 165 Å². The molecule has 0 aliphatic rings. The van der Waals surface area contributed by atoms with Gasteiger partial charge in [0.25, 0.3) is 0 Å². The van der Waals surface area contributed by atoms with Gasteiger partial charge in [-0.1, -0.05) is 24.3 Å². The molecule has 0 bridgehead atoms. The maximum Gasteiger partial charge on any atom is 0.249 e. The second-order valence-corrected chi connectivity index (χ2v) is 6.42. The van der Waals surface area contributed by atoms with Crippen LogP contribution in [0.4, 0.5) is 17.5 Å². The van der Waals surface area contributed by atoms with Crippen LogP contribution in [-0.4, -0.2) is 35.9 Å². The van der Waals surface area contributed by atoms with E-state index in [0.29, 0.717) is 18.3 Å². The van der Waals surface area contributed by atoms with Crippen molar-refractivity contribution in [3.05, 3.63) is 59.3 Å². The third-order valence-electron chi connectivity index (χ3n) is 4.44. The molecule has 0 atom stereocenters. The van der Waals surface area contributed by atoms with Crippen LogP contribution in [0.2, 0.25) is 0 Å². The van der Waals surface area contributed by atoms with Crippen molar-refractivity contribution in [2.24, 2.45) is 0 Å². The summed E-state index contributed by atoms with van der Waals surface area (Å²) < 4.78 is 10.6. The summed E-state index contributed by atoms with van der Waals surface area (Å²) >= 11 is 0. The molecule has 0 fully saturated rings. The number of nitrogens with zero attached hydrogens (tertiary/aromatic N) is 3. The number of aromatic nitrogens is 3. The van der Waals surface area contributed by atoms with Gasteiger partial charge < -0.3 is 20.1 Å². The van der Waals surface area contributed by atoms with Crippen molar-refractivity contribution in [3.8, 4) is 11.5 Å². The van der Waals surface area contributed by atoms with Crippen LogP contribution < -0.4 is 20.1 Å². The molecule has 3 rings (SSSR count). The average molecular weight is 379 g/mol. The van der Waals surface area contributed by atoms with E-state index in [-0.39, 0.29) is 0 Å². The first-order chi connectivity index (χ1) is 13.6. The molecule has 1 aromatic heterocycles. The van der Waals surface area contributed by atoms with Crippen LogP contribution >= 0.6 is 0 Å². The summed E-state index contributed by atoms with van der Waals surface area (Å²) in [5.41, 5.74) is 4.42. The van der Waals surface area contributed by atoms with Gasteiger partial charge in [-0.25, -0.2) is 0 Å². The Morgan fingerprint density at radius 1 is 0.964 bits per heavy atom. The van der Waals surface area contributed by atoms with Gasteiger partial charge in [0, 0.05) is 12.2 Å². The normalized spacial score (nSPS) is 10.4. The molecule has 3 aromatic rings. The number of rotatable bonds is 8. The lowest BCUT2D eigenvalue weighted by Crippen LogP contribution is -2.09. The quantitative estimate of drug-likeness (QED) is 0.614. The molecule has 0 amide bonds. The Morgan fingerprint density at radius 3 is 2.43 bits per heavy atom. The van der Waals surface area contributed by atoms with Crippen LogP contribution in [0.5, 0.6) is 11.5 Å². The van der Waals surface area contributed by atoms with Crippen molar-refractivity contribution in [1.82, 2.24) is 15.2 Å². The molecule has 0 aliphatic heterocycles. The predicted octanol–water partition coefficient (Wildman–Crippen LogP) is 3.90. The van der Waals surface area contributed by atoms with Gasteiger partial charge in [-0.2, -0.15) is 10.1 Å². The highest BCUT2D eigenvalue weighted by atomic mass is 16.5. The molecular formula is C21H25N5O2. The topological polar surface area (TPSA) is 81.2 Å². The molecule has 28 heavy (non-hydrogen) atoms. The van der Waals surface area contributed by atoms with Crippen molar-refractivity contribution < 1.29 is 9.47 Å². The number of benzene rings is 2. The van der Waals surface area contributed by atoms with E-state index in [4.69, 9.17) is 9.47 Å². The minimum atomic E-state index is 0.466. The average Bonchev–Trinajstić information content (AvgIpc) is 2.71. The van der Waals surface area contributed by atoms with Gasteiger partial charge >= 0.3 is 0 Å². The Bertz CT molecular complexity index is 926. The first-order valence-corrected chi connectivity index (χ1v) is 9.08. The van der Waals surface area contributed by atoms with E-state index in [1.54, 1.807) is 20.4 Å². The second-order valence-electron chi connectivity index (χ2n) is 6.42. The monoisotopic (exact) mass is 379 g/mol. The molecule has 0 aliphatic carbocycles. The summed E-state index contributed by atoms with van der Waals surface area (Å²) in [5.74, 6) is 2.59. The molecule has 2 N–H and O–H groups in total. The second kappa shape index (κ2) is 9.03. The van der Waals surface area contributed by atoms with Crippen LogP contribution in [0.3, 0.4) is 0 Å². The molecule has 2 aromatic carbocycles. The fraction of sp³-hybridized carbons (Fsp3) is 0.286. The van der Waals surface area contributed by atoms with E-state index >= 15 is 0 Å². The van der Waals surface area contributed by atoms with E-state index in [9.17, 15) is 0 Å². The van der Waals surface area contributed by atoms with Crippen molar-refractivity contribution >= 4 is 17.5 Å². The number of methoxy groups -OCH3 is 2. The molecule has 146 valence electrons. The molecule has 0 unspecified atom stereocenters. The van der Waals surface area contributed by atoms with Crippen LogP contribution in [0, 0.1) is 13.8 Å². The Morgan fingerprint density at radius 2 is 1.71 bits per heavy atom. The number of anilines is 3. The number of hydrogen-bond donors (Lipinski definition) is 2. The summed E-state index contributed by atoms with van der Waals surface area (Å²) in [4.78, 5) is 4.50. The lowest BCUT2D eigenvalue weighted by Gasteiger charge is -2.12. The van der Waals surface area contributed by atoms with Crippen molar-refractivity contribution in [2.45, 2.75) is 20.3 Å². The largest absolute Gasteiger partial charge is 0.493 e. The minimum absolute atomic E-state index is 0.466. The smallest absolute Gasteiger partial charge is 0.249 e. The van der Waals surface area contributed by atoms with Crippen molar-refractivity contribution in [2.75, 3.05) is 31.4 Å². The first-order valence-electron chi connectivity index (χ1n) is 9.08. The maximum atomic E-state index is 5.35. The van der Waals surface area contributed by atoms with E-state index in [0.717, 1.165) is 40.3 Å². The van der Waals surface area contributed by atoms with Gasteiger partial charge in [-0.05, 0) is 49.1 Å². The maximum absolute atomic E-state index is 5.35. The summed E-state index contributed by atoms with van der Waals surface area (Å²) in [6.07, 6.45) is 2.43. The highest BCUT2D eigenvalue weighted by Gasteiger charge is 2.07. The third-order valence-corrected chi connectivity index (χ3v) is 4.44. The zero-order valence-corrected chi connectivity index (χ0v) is 16.6. The SMILES string of the molecule is COc1ccc(CCNc2cnnc(Nc3c(C)cccc3C)n2)cc1OC. The number of para-hydroxylation sites is 1. The zero-order valence-electron chi connectivity index (χ0n) is 16.6. The Hall–Kier alpha value is -3.35. The molecule has 1 heterocycles. The van der Waals surface area contributed by atoms with E-state index < -0.39 is 0 Å². The standard InChI is InChI=1S/C21H25N5O2/c1-14-6-5-7-15(2)20(14)25-21-24-19(13-23-26-21)22-11-10-16-8-9-17(27-3)18(12-16)28-4/h5-9,12-13H,10-11H2,1-4H3,(H2,22,24,25,26). The molecule has 7 heteroatoms. The molecule has 7 nitrogen and oxygen atoms in total. The van der Waals surface area contributed by atoms with Crippen LogP contribution in [0.1, 0.15) is 16.7 Å². The van der Waals surface area contributed by atoms with Gasteiger partial charge in [0.05, 0.1) is 20.4 Å². The predicted molar refractivity (Wildman–Crippen MR) is 111 cm³/mol. The first kappa shape index (κ1) is 19.4. The summed E-state index contributed by atoms with van der Waals surface area (Å²) in [6.45, 7) is 4.80. The van der Waals surface area contributed by atoms with Crippen molar-refractivity contribution in [1.29, 1.82) is 0 Å². The summed E-state index contributed by atoms with van der Waals surface area (Å²) in [5, 5.41) is 14.7. The lowest BCUT2D eigenvalue weighted by molar-refractivity contribution is 0.354. The number of ether oxygens (including phenoxy) is 2. The van der Waals surface area contributed by atoms with E-state index in [1.807, 2.05) is 50.2 Å². The lowest BCUT2D eigenvalue weighted by atomic mass is 10.1. The number of hydrogen-bond acceptors (Lipinski definition) is 7. The Balaban J connectivity index is 1.62. The van der Waals surface area contributed by atoms with Gasteiger partial charge in [-0.3, -0.25) is 0 Å². The van der Waals surface area contributed by atoms with E-state index in [2.05, 4.69) is 25.8 Å². The van der Waals surface area contributed by atoms with Crippen LogP contribution in [0.15, 0.2) is 42.6 Å². The number of aryl methyl sites for hydroxylation is 2. The van der Waals surface area contributed by atoms with Crippen LogP contribution in [-0.2, 0) is 6.42 Å². The highest BCUT2D eigenvalue weighted by molar-refractivity contribution is 5.63. The van der Waals surface area contributed by atoms with Gasteiger partial charge in [-0.15, -0.1) is 5.10 Å². The molecule has 0 saturated carbocycles. The fourth-order valence-corrected chi connectivity index (χ4v) is 2.94. The molecular weight excluding hydrogens is 354 g/mol. The van der Waals surface area contributed by atoms with Gasteiger partial charge in [0.2, 0.25) is 5.95 Å². The molecule has 0 spiro atoms. The number of nitrogens with one attached hydrogen (secondary N) is 2. The fourth-order valence-electron chi connectivity index (χ4n) is 2.94. The zero-order chi connectivity index (χ0) is 19.9.